The number of nitrogens with one attached hydrogen (secondary N) is 2. The number of carbonyl (C=O) groups is 1. The van der Waals surface area contributed by atoms with Crippen molar-refractivity contribution in [3.63, 3.8) is 0 Å². The number of rotatable bonds is 5. The summed E-state index contributed by atoms with van der Waals surface area (Å²) in [5.41, 5.74) is 1.42. The molecule has 0 saturated heterocycles. The third-order valence-electron chi connectivity index (χ3n) is 2.87. The van der Waals surface area contributed by atoms with Gasteiger partial charge in [0.05, 0.1) is 0 Å². The van der Waals surface area contributed by atoms with E-state index in [0.717, 1.165) is 12.2 Å². The van der Waals surface area contributed by atoms with Crippen LogP contribution >= 0.6 is 0 Å². The summed E-state index contributed by atoms with van der Waals surface area (Å²) < 4.78 is 0. The highest BCUT2D eigenvalue weighted by Crippen LogP contribution is 2.18. The van der Waals surface area contributed by atoms with Crippen molar-refractivity contribution in [2.75, 3.05) is 17.2 Å². The second-order valence-corrected chi connectivity index (χ2v) is 4.91. The molecule has 0 unspecified atom stereocenters. The maximum absolute atomic E-state index is 12.3. The van der Waals surface area contributed by atoms with E-state index in [9.17, 15) is 4.79 Å². The number of hydrogen-bond donors (Lipinski definition) is 2. The lowest BCUT2D eigenvalue weighted by Gasteiger charge is -2.11. The number of hydrogen-bond acceptors (Lipinski definition) is 5. The van der Waals surface area contributed by atoms with Crippen LogP contribution in [0.15, 0.2) is 30.5 Å². The van der Waals surface area contributed by atoms with E-state index in [0.29, 0.717) is 17.2 Å². The fourth-order valence-corrected chi connectivity index (χ4v) is 1.81. The first-order valence-electron chi connectivity index (χ1n) is 6.95. The molecule has 0 spiro atoms. The van der Waals surface area contributed by atoms with Crippen molar-refractivity contribution >= 4 is 17.5 Å². The summed E-state index contributed by atoms with van der Waals surface area (Å²) in [4.78, 5) is 16.8. The SMILES string of the molecule is CCNc1cc(C(=O)Nc2cccnn2)cc(C(C)C)n1. The van der Waals surface area contributed by atoms with E-state index in [2.05, 4.69) is 25.8 Å². The molecule has 2 N–H and O–H groups in total. The molecular weight excluding hydrogens is 266 g/mol. The second kappa shape index (κ2) is 6.78. The minimum atomic E-state index is -0.223. The predicted molar refractivity (Wildman–Crippen MR) is 82.5 cm³/mol. The molecular formula is C15H19N5O. The molecule has 0 aliphatic rings. The third kappa shape index (κ3) is 3.98. The summed E-state index contributed by atoms with van der Waals surface area (Å²) in [6.45, 7) is 6.83. The van der Waals surface area contributed by atoms with E-state index in [-0.39, 0.29) is 11.8 Å². The zero-order valence-corrected chi connectivity index (χ0v) is 12.4. The minimum Gasteiger partial charge on any atom is -0.370 e. The molecule has 0 bridgehead atoms. The molecule has 0 radical (unpaired) electrons. The Morgan fingerprint density at radius 1 is 1.29 bits per heavy atom. The van der Waals surface area contributed by atoms with Crippen LogP contribution in [0, 0.1) is 0 Å². The number of pyridine rings is 1. The van der Waals surface area contributed by atoms with Crippen molar-refractivity contribution in [1.82, 2.24) is 15.2 Å². The lowest BCUT2D eigenvalue weighted by atomic mass is 10.1. The summed E-state index contributed by atoms with van der Waals surface area (Å²) in [5.74, 6) is 1.15. The van der Waals surface area contributed by atoms with E-state index in [1.807, 2.05) is 20.8 Å². The van der Waals surface area contributed by atoms with E-state index in [4.69, 9.17) is 0 Å². The fraction of sp³-hybridized carbons (Fsp3) is 0.333. The average molecular weight is 285 g/mol. The highest BCUT2D eigenvalue weighted by Gasteiger charge is 2.12. The van der Waals surface area contributed by atoms with Gasteiger partial charge in [-0.25, -0.2) is 4.98 Å². The average Bonchev–Trinajstić information content (AvgIpc) is 2.48. The maximum atomic E-state index is 12.3. The molecule has 110 valence electrons. The third-order valence-corrected chi connectivity index (χ3v) is 2.87. The Morgan fingerprint density at radius 2 is 2.10 bits per heavy atom. The summed E-state index contributed by atoms with van der Waals surface area (Å²) >= 11 is 0. The Bertz CT molecular complexity index is 613. The van der Waals surface area contributed by atoms with Gasteiger partial charge in [-0.05, 0) is 37.1 Å². The van der Waals surface area contributed by atoms with Gasteiger partial charge in [0.2, 0.25) is 0 Å². The molecule has 1 amide bonds. The van der Waals surface area contributed by atoms with E-state index in [1.54, 1.807) is 30.5 Å². The van der Waals surface area contributed by atoms with Gasteiger partial charge in [0, 0.05) is 24.0 Å². The van der Waals surface area contributed by atoms with Crippen LogP contribution in [-0.4, -0.2) is 27.6 Å². The Labute approximate surface area is 124 Å². The van der Waals surface area contributed by atoms with Gasteiger partial charge in [-0.15, -0.1) is 5.10 Å². The molecule has 2 heterocycles. The van der Waals surface area contributed by atoms with E-state index in [1.165, 1.54) is 0 Å². The normalized spacial score (nSPS) is 10.5. The topological polar surface area (TPSA) is 79.8 Å². The standard InChI is InChI=1S/C15H19N5O/c1-4-16-14-9-11(8-12(18-14)10(2)3)15(21)19-13-6-5-7-17-20-13/h5-10H,4H2,1-3H3,(H,16,18)(H,19,20,21). The first-order valence-corrected chi connectivity index (χ1v) is 6.95. The molecule has 21 heavy (non-hydrogen) atoms. The van der Waals surface area contributed by atoms with Gasteiger partial charge >= 0.3 is 0 Å². The van der Waals surface area contributed by atoms with Crippen LogP contribution in [0.3, 0.4) is 0 Å². The van der Waals surface area contributed by atoms with Gasteiger partial charge in [-0.1, -0.05) is 13.8 Å². The Kier molecular flexibility index (Phi) is 4.81. The quantitative estimate of drug-likeness (QED) is 0.883. The summed E-state index contributed by atoms with van der Waals surface area (Å²) in [6, 6.07) is 6.96. The molecule has 0 fully saturated rings. The number of amides is 1. The molecule has 0 aromatic carbocycles. The summed E-state index contributed by atoms with van der Waals surface area (Å²) in [5, 5.41) is 13.5. The number of aromatic nitrogens is 3. The lowest BCUT2D eigenvalue weighted by Crippen LogP contribution is -2.15. The fourth-order valence-electron chi connectivity index (χ4n) is 1.81. The van der Waals surface area contributed by atoms with Crippen LogP contribution in [0.2, 0.25) is 0 Å². The minimum absolute atomic E-state index is 0.223. The van der Waals surface area contributed by atoms with Gasteiger partial charge in [-0.3, -0.25) is 4.79 Å². The van der Waals surface area contributed by atoms with Crippen molar-refractivity contribution in [2.24, 2.45) is 0 Å². The van der Waals surface area contributed by atoms with Crippen LogP contribution in [0.5, 0.6) is 0 Å². The molecule has 0 aliphatic heterocycles. The Morgan fingerprint density at radius 3 is 2.71 bits per heavy atom. The largest absolute Gasteiger partial charge is 0.370 e. The zero-order valence-electron chi connectivity index (χ0n) is 12.4. The van der Waals surface area contributed by atoms with Gasteiger partial charge in [-0.2, -0.15) is 5.10 Å². The molecule has 6 heteroatoms. The number of nitrogens with zero attached hydrogens (tertiary/aromatic N) is 3. The van der Waals surface area contributed by atoms with Crippen LogP contribution < -0.4 is 10.6 Å². The molecule has 0 atom stereocenters. The number of carbonyl (C=O) groups excluding carboxylic acids is 1. The monoisotopic (exact) mass is 285 g/mol. The highest BCUT2D eigenvalue weighted by atomic mass is 16.1. The molecule has 2 rings (SSSR count). The van der Waals surface area contributed by atoms with Crippen LogP contribution in [0.1, 0.15) is 42.7 Å². The first-order chi connectivity index (χ1) is 10.1. The summed E-state index contributed by atoms with van der Waals surface area (Å²) in [6.07, 6.45) is 1.56. The van der Waals surface area contributed by atoms with Crippen LogP contribution in [-0.2, 0) is 0 Å². The highest BCUT2D eigenvalue weighted by molar-refractivity contribution is 6.04. The van der Waals surface area contributed by atoms with Gasteiger partial charge in [0.1, 0.15) is 5.82 Å². The van der Waals surface area contributed by atoms with Gasteiger partial charge in [0.15, 0.2) is 5.82 Å². The first kappa shape index (κ1) is 14.9. The maximum Gasteiger partial charge on any atom is 0.257 e. The molecule has 2 aromatic heterocycles. The molecule has 0 saturated carbocycles. The van der Waals surface area contributed by atoms with Gasteiger partial charge in [0.25, 0.3) is 5.91 Å². The molecule has 2 aromatic rings. The zero-order chi connectivity index (χ0) is 15.2. The molecule has 0 aliphatic carbocycles. The van der Waals surface area contributed by atoms with E-state index >= 15 is 0 Å². The van der Waals surface area contributed by atoms with Crippen molar-refractivity contribution in [3.05, 3.63) is 41.7 Å². The Balaban J connectivity index is 2.27. The van der Waals surface area contributed by atoms with Crippen molar-refractivity contribution < 1.29 is 4.79 Å². The van der Waals surface area contributed by atoms with Crippen LogP contribution in [0.25, 0.3) is 0 Å². The predicted octanol–water partition coefficient (Wildman–Crippen LogP) is 2.68. The van der Waals surface area contributed by atoms with Crippen LogP contribution in [0.4, 0.5) is 11.6 Å². The van der Waals surface area contributed by atoms with Crippen molar-refractivity contribution in [3.8, 4) is 0 Å². The van der Waals surface area contributed by atoms with E-state index < -0.39 is 0 Å². The van der Waals surface area contributed by atoms with Gasteiger partial charge < -0.3 is 10.6 Å². The Hall–Kier alpha value is -2.50. The van der Waals surface area contributed by atoms with Crippen molar-refractivity contribution in [2.45, 2.75) is 26.7 Å². The summed E-state index contributed by atoms with van der Waals surface area (Å²) in [7, 11) is 0. The van der Waals surface area contributed by atoms with Crippen molar-refractivity contribution in [1.29, 1.82) is 0 Å². The lowest BCUT2D eigenvalue weighted by molar-refractivity contribution is 0.102. The number of anilines is 2. The second-order valence-electron chi connectivity index (χ2n) is 4.91. The molecule has 6 nitrogen and oxygen atoms in total. The smallest absolute Gasteiger partial charge is 0.257 e.